The molecule has 4 nitrogen and oxygen atoms in total. The van der Waals surface area contributed by atoms with Gasteiger partial charge in [-0.1, -0.05) is 178 Å². The summed E-state index contributed by atoms with van der Waals surface area (Å²) in [7, 11) is 0. The molecule has 0 spiro atoms. The van der Waals surface area contributed by atoms with E-state index in [1.165, 1.54) is 66.9 Å². The lowest BCUT2D eigenvalue weighted by Gasteiger charge is -2.34. The average molecular weight is 853 g/mol. The van der Waals surface area contributed by atoms with Gasteiger partial charge in [-0.15, -0.1) is 0 Å². The molecule has 1 N–H and O–H groups in total. The van der Waals surface area contributed by atoms with E-state index >= 15 is 0 Å². The summed E-state index contributed by atoms with van der Waals surface area (Å²) >= 11 is 0. The van der Waals surface area contributed by atoms with Crippen molar-refractivity contribution in [2.24, 2.45) is 22.7 Å². The highest BCUT2D eigenvalue weighted by molar-refractivity contribution is 6.09. The molecular weight excluding hydrogens is 801 g/mol. The van der Waals surface area contributed by atoms with Crippen molar-refractivity contribution in [1.29, 1.82) is 0 Å². The number of amidine groups is 1. The van der Waals surface area contributed by atoms with Gasteiger partial charge < -0.3 is 14.8 Å². The molecule has 0 bridgehead atoms. The van der Waals surface area contributed by atoms with Crippen LogP contribution in [-0.4, -0.2) is 16.4 Å². The Morgan fingerprint density at radius 1 is 0.591 bits per heavy atom. The second-order valence-electron chi connectivity index (χ2n) is 18.4. The molecule has 2 aliphatic carbocycles. The van der Waals surface area contributed by atoms with Gasteiger partial charge in [0.1, 0.15) is 5.84 Å². The fraction of sp³-hybridized carbons (Fsp3) is 0.145. The zero-order chi connectivity index (χ0) is 44.1. The first-order valence-corrected chi connectivity index (χ1v) is 23.7. The van der Waals surface area contributed by atoms with Crippen molar-refractivity contribution in [3.63, 3.8) is 0 Å². The summed E-state index contributed by atoms with van der Waals surface area (Å²) < 4.78 is 2.48. The Bertz CT molecular complexity index is 3310. The molecule has 0 radical (unpaired) electrons. The maximum Gasteiger partial charge on any atom is 0.134 e. The second kappa shape index (κ2) is 16.7. The monoisotopic (exact) mass is 852 g/mol. The van der Waals surface area contributed by atoms with Crippen LogP contribution >= 0.6 is 0 Å². The normalized spacial score (nSPS) is 19.9. The molecule has 0 amide bonds. The summed E-state index contributed by atoms with van der Waals surface area (Å²) in [4.78, 5) is 7.89. The molecule has 1 aromatic heterocycles. The third-order valence-electron chi connectivity index (χ3n) is 14.3. The Balaban J connectivity index is 0.983. The Morgan fingerprint density at radius 3 is 2.05 bits per heavy atom. The van der Waals surface area contributed by atoms with Crippen LogP contribution in [0.2, 0.25) is 0 Å². The van der Waals surface area contributed by atoms with E-state index in [0.717, 1.165) is 53.3 Å². The molecule has 2 aliphatic heterocycles. The van der Waals surface area contributed by atoms with Gasteiger partial charge in [0.15, 0.2) is 0 Å². The third-order valence-corrected chi connectivity index (χ3v) is 14.3. The third kappa shape index (κ3) is 6.87. The first kappa shape index (κ1) is 39.9. The Morgan fingerprint density at radius 2 is 1.24 bits per heavy atom. The lowest BCUT2D eigenvalue weighted by Crippen LogP contribution is -2.44. The first-order valence-electron chi connectivity index (χ1n) is 23.7. The largest absolute Gasteiger partial charge is 0.363 e. The van der Waals surface area contributed by atoms with E-state index in [0.29, 0.717) is 11.8 Å². The molecule has 0 saturated heterocycles. The van der Waals surface area contributed by atoms with E-state index in [1.807, 2.05) is 0 Å². The number of nitrogens with zero attached hydrogens (tertiary/aromatic N) is 3. The van der Waals surface area contributed by atoms with Gasteiger partial charge in [-0.3, -0.25) is 0 Å². The quantitative estimate of drug-likeness (QED) is 0.162. The molecule has 7 aromatic carbocycles. The SMILES string of the molecule is CC1CC=CC2=C1N(c1cccc(-c3ccccc3-c3cccc(C4=CC(C5CCC=CC5C)NC(c5ccccc5)=N4)c3)c1)c1ccccc1-c1c2c2ccccc2n1-c1ccccc1. The molecule has 3 heterocycles. The van der Waals surface area contributed by atoms with Gasteiger partial charge in [-0.05, 0) is 102 Å². The van der Waals surface area contributed by atoms with E-state index in [1.54, 1.807) is 0 Å². The number of fused-ring (bicyclic) bond motifs is 6. The summed E-state index contributed by atoms with van der Waals surface area (Å²) in [6.45, 7) is 4.74. The molecule has 0 fully saturated rings. The lowest BCUT2D eigenvalue weighted by molar-refractivity contribution is 0.328. The van der Waals surface area contributed by atoms with Gasteiger partial charge in [-0.2, -0.15) is 0 Å². The predicted octanol–water partition coefficient (Wildman–Crippen LogP) is 15.5. The average Bonchev–Trinajstić information content (AvgIpc) is 3.66. The van der Waals surface area contributed by atoms with E-state index in [2.05, 4.69) is 241 Å². The minimum absolute atomic E-state index is 0.181. The van der Waals surface area contributed by atoms with Crippen molar-refractivity contribution in [3.8, 4) is 39.2 Å². The van der Waals surface area contributed by atoms with E-state index in [-0.39, 0.29) is 12.0 Å². The number of anilines is 2. The number of aromatic nitrogens is 1. The highest BCUT2D eigenvalue weighted by atomic mass is 15.2. The molecule has 320 valence electrons. The Kier molecular flexibility index (Phi) is 10.1. The fourth-order valence-corrected chi connectivity index (χ4v) is 11.1. The van der Waals surface area contributed by atoms with E-state index in [9.17, 15) is 0 Å². The van der Waals surface area contributed by atoms with E-state index < -0.39 is 0 Å². The highest BCUT2D eigenvalue weighted by Crippen LogP contribution is 2.53. The van der Waals surface area contributed by atoms with Gasteiger partial charge in [0, 0.05) is 56.2 Å². The summed E-state index contributed by atoms with van der Waals surface area (Å²) in [6, 6.07) is 66.7. The summed E-state index contributed by atoms with van der Waals surface area (Å²) in [5.74, 6) is 2.20. The van der Waals surface area contributed by atoms with E-state index in [4.69, 9.17) is 4.99 Å². The summed E-state index contributed by atoms with van der Waals surface area (Å²) in [5.41, 5.74) is 19.1. The molecule has 4 aliphatic rings. The summed E-state index contributed by atoms with van der Waals surface area (Å²) in [6.07, 6.45) is 15.1. The number of aliphatic imine (C=N–C) groups is 1. The molecule has 4 unspecified atom stereocenters. The Labute approximate surface area is 388 Å². The first-order chi connectivity index (χ1) is 32.6. The zero-order valence-corrected chi connectivity index (χ0v) is 37.5. The topological polar surface area (TPSA) is 32.6 Å². The van der Waals surface area contributed by atoms with Crippen LogP contribution in [0.1, 0.15) is 49.8 Å². The van der Waals surface area contributed by atoms with Crippen LogP contribution in [0, 0.1) is 17.8 Å². The number of para-hydroxylation sites is 3. The predicted molar refractivity (Wildman–Crippen MR) is 277 cm³/mol. The van der Waals surface area contributed by atoms with Crippen molar-refractivity contribution in [1.82, 2.24) is 9.88 Å². The smallest absolute Gasteiger partial charge is 0.134 e. The molecule has 66 heavy (non-hydrogen) atoms. The van der Waals surface area contributed by atoms with Crippen LogP contribution in [-0.2, 0) is 0 Å². The van der Waals surface area contributed by atoms with Gasteiger partial charge in [0.2, 0.25) is 0 Å². The lowest BCUT2D eigenvalue weighted by atomic mass is 9.79. The van der Waals surface area contributed by atoms with Gasteiger partial charge in [0.25, 0.3) is 0 Å². The summed E-state index contributed by atoms with van der Waals surface area (Å²) in [5, 5.41) is 5.12. The highest BCUT2D eigenvalue weighted by Gasteiger charge is 2.35. The molecule has 8 aromatic rings. The van der Waals surface area contributed by atoms with Crippen LogP contribution in [0.25, 0.3) is 61.4 Å². The standard InChI is InChI=1S/C62H52N4/c1-41-20-9-10-30-49(41)56-40-55(63-62(64-56)43-22-5-3-6-23-43)46-26-18-24-44(38-46)50-31-11-12-32-51(50)45-25-19-29-48(39-45)66-58-37-16-14-34-53(58)61-59(54-35-17-21-42(2)60(54)66)52-33-13-15-36-57(52)65(61)47-27-7-4-8-28-47/h3-9,11-20,22-29,31-42,49,56H,10,21,30H2,1-2H3,(H,63,64). The van der Waals surface area contributed by atoms with Crippen LogP contribution in [0.15, 0.2) is 223 Å². The number of allylic oxidation sites excluding steroid dienone is 6. The van der Waals surface area contributed by atoms with Gasteiger partial charge in [0.05, 0.1) is 28.6 Å². The van der Waals surface area contributed by atoms with Crippen LogP contribution in [0.4, 0.5) is 11.4 Å². The zero-order valence-electron chi connectivity index (χ0n) is 37.5. The fourth-order valence-electron chi connectivity index (χ4n) is 11.1. The van der Waals surface area contributed by atoms with Crippen molar-refractivity contribution in [2.45, 2.75) is 39.2 Å². The van der Waals surface area contributed by atoms with Crippen molar-refractivity contribution in [2.75, 3.05) is 4.90 Å². The minimum atomic E-state index is 0.181. The van der Waals surface area contributed by atoms with Crippen molar-refractivity contribution < 1.29 is 0 Å². The number of benzene rings is 7. The van der Waals surface area contributed by atoms with Gasteiger partial charge in [-0.25, -0.2) is 4.99 Å². The number of hydrogen-bond donors (Lipinski definition) is 1. The van der Waals surface area contributed by atoms with Crippen molar-refractivity contribution in [3.05, 3.63) is 235 Å². The molecule has 0 saturated carbocycles. The maximum atomic E-state index is 5.32. The number of rotatable bonds is 7. The molecule has 4 atom stereocenters. The molecule has 12 rings (SSSR count). The molecular formula is C62H52N4. The maximum absolute atomic E-state index is 5.32. The van der Waals surface area contributed by atoms with Crippen LogP contribution < -0.4 is 10.2 Å². The second-order valence-corrected chi connectivity index (χ2v) is 18.4. The van der Waals surface area contributed by atoms with Crippen molar-refractivity contribution >= 4 is 39.4 Å². The van der Waals surface area contributed by atoms with Crippen LogP contribution in [0.5, 0.6) is 0 Å². The van der Waals surface area contributed by atoms with Crippen LogP contribution in [0.3, 0.4) is 0 Å². The number of hydrogen-bond acceptors (Lipinski definition) is 3. The number of nitrogens with one attached hydrogen (secondary N) is 1. The van der Waals surface area contributed by atoms with Gasteiger partial charge >= 0.3 is 0 Å². The Hall–Kier alpha value is -7.69. The minimum Gasteiger partial charge on any atom is -0.363 e. The molecule has 4 heteroatoms.